The van der Waals surface area contributed by atoms with Gasteiger partial charge in [-0.3, -0.25) is 0 Å². The van der Waals surface area contributed by atoms with Crippen molar-refractivity contribution in [1.82, 2.24) is 0 Å². The summed E-state index contributed by atoms with van der Waals surface area (Å²) in [5.74, 6) is 0. The second kappa shape index (κ2) is 17.4. The van der Waals surface area contributed by atoms with Crippen LogP contribution in [0.25, 0.3) is 0 Å². The highest BCUT2D eigenvalue weighted by molar-refractivity contribution is 5.02. The molecule has 0 spiro atoms. The Morgan fingerprint density at radius 3 is 1.63 bits per heavy atom. The third kappa shape index (κ3) is 17.4. The zero-order chi connectivity index (χ0) is 14.0. The van der Waals surface area contributed by atoms with E-state index in [2.05, 4.69) is 31.2 Å². The number of allylic oxidation sites excluding steroid dienone is 4. The lowest BCUT2D eigenvalue weighted by molar-refractivity contribution is 0.282. The maximum Gasteiger partial charge on any atom is 0.0431 e. The van der Waals surface area contributed by atoms with E-state index >= 15 is 0 Å². The molecule has 0 atom stereocenters. The van der Waals surface area contributed by atoms with Crippen molar-refractivity contribution in [3.63, 3.8) is 0 Å². The monoisotopic (exact) mass is 266 g/mol. The van der Waals surface area contributed by atoms with Crippen molar-refractivity contribution in [2.75, 3.05) is 6.61 Å². The first-order valence-electron chi connectivity index (χ1n) is 8.34. The molecule has 1 heteroatoms. The van der Waals surface area contributed by atoms with Gasteiger partial charge in [-0.15, -0.1) is 0 Å². The number of hydrogen-bond acceptors (Lipinski definition) is 1. The van der Waals surface area contributed by atoms with Crippen LogP contribution >= 0.6 is 0 Å². The van der Waals surface area contributed by atoms with E-state index in [4.69, 9.17) is 5.11 Å². The lowest BCUT2D eigenvalue weighted by atomic mass is 10.1. The van der Waals surface area contributed by atoms with Gasteiger partial charge in [0.2, 0.25) is 0 Å². The second-order valence-electron chi connectivity index (χ2n) is 5.34. The fourth-order valence-electron chi connectivity index (χ4n) is 2.12. The fourth-order valence-corrected chi connectivity index (χ4v) is 2.12. The van der Waals surface area contributed by atoms with Crippen molar-refractivity contribution in [2.24, 2.45) is 0 Å². The molecule has 0 aromatic heterocycles. The van der Waals surface area contributed by atoms with E-state index in [1.807, 2.05) is 0 Å². The molecule has 1 N–H and O–H groups in total. The van der Waals surface area contributed by atoms with E-state index in [0.717, 1.165) is 6.42 Å². The van der Waals surface area contributed by atoms with Crippen LogP contribution in [0, 0.1) is 0 Å². The summed E-state index contributed by atoms with van der Waals surface area (Å²) in [5, 5.41) is 8.65. The quantitative estimate of drug-likeness (QED) is 0.311. The summed E-state index contributed by atoms with van der Waals surface area (Å²) >= 11 is 0. The van der Waals surface area contributed by atoms with Crippen LogP contribution in [0.4, 0.5) is 0 Å². The Hall–Kier alpha value is -0.560. The van der Waals surface area contributed by atoms with Crippen molar-refractivity contribution in [2.45, 2.75) is 84.0 Å². The number of aliphatic hydroxyl groups excluding tert-OH is 1. The van der Waals surface area contributed by atoms with Crippen molar-refractivity contribution >= 4 is 0 Å². The van der Waals surface area contributed by atoms with E-state index in [1.54, 1.807) is 0 Å². The molecule has 0 saturated heterocycles. The Bertz CT molecular complexity index is 206. The molecular formula is C18H34O. The lowest BCUT2D eigenvalue weighted by Crippen LogP contribution is -1.83. The summed E-state index contributed by atoms with van der Waals surface area (Å²) < 4.78 is 0. The molecule has 112 valence electrons. The van der Waals surface area contributed by atoms with Crippen LogP contribution in [-0.2, 0) is 0 Å². The minimum atomic E-state index is 0.355. The maximum absolute atomic E-state index is 8.65. The van der Waals surface area contributed by atoms with E-state index < -0.39 is 0 Å². The Kier molecular flexibility index (Phi) is 16.9. The van der Waals surface area contributed by atoms with Gasteiger partial charge in [-0.05, 0) is 32.1 Å². The van der Waals surface area contributed by atoms with Crippen LogP contribution in [0.15, 0.2) is 24.3 Å². The smallest absolute Gasteiger partial charge is 0.0431 e. The maximum atomic E-state index is 8.65. The van der Waals surface area contributed by atoms with E-state index in [1.165, 1.54) is 70.6 Å². The first-order chi connectivity index (χ1) is 9.41. The molecule has 0 saturated carbocycles. The van der Waals surface area contributed by atoms with Crippen molar-refractivity contribution in [3.05, 3.63) is 24.3 Å². The highest BCUT2D eigenvalue weighted by atomic mass is 16.2. The van der Waals surface area contributed by atoms with E-state index in [-0.39, 0.29) is 0 Å². The highest BCUT2D eigenvalue weighted by Gasteiger charge is 1.89. The highest BCUT2D eigenvalue weighted by Crippen LogP contribution is 2.07. The van der Waals surface area contributed by atoms with Gasteiger partial charge in [0, 0.05) is 6.61 Å². The topological polar surface area (TPSA) is 20.2 Å². The third-order valence-corrected chi connectivity index (χ3v) is 3.39. The molecule has 0 aromatic rings. The first kappa shape index (κ1) is 18.4. The molecule has 0 aliphatic rings. The zero-order valence-electron chi connectivity index (χ0n) is 12.9. The van der Waals surface area contributed by atoms with Gasteiger partial charge in [-0.1, -0.05) is 76.2 Å². The molecule has 0 amide bonds. The zero-order valence-corrected chi connectivity index (χ0v) is 12.9. The van der Waals surface area contributed by atoms with Gasteiger partial charge in [0.05, 0.1) is 0 Å². The largest absolute Gasteiger partial charge is 0.396 e. The predicted octanol–water partition coefficient (Wildman–Crippen LogP) is 5.79. The molecule has 0 unspecified atom stereocenters. The van der Waals surface area contributed by atoms with E-state index in [9.17, 15) is 0 Å². The van der Waals surface area contributed by atoms with Gasteiger partial charge in [-0.25, -0.2) is 0 Å². The summed E-state index contributed by atoms with van der Waals surface area (Å²) in [5.41, 5.74) is 0. The number of unbranched alkanes of at least 4 members (excludes halogenated alkanes) is 10. The predicted molar refractivity (Wildman–Crippen MR) is 86.4 cm³/mol. The third-order valence-electron chi connectivity index (χ3n) is 3.39. The molecule has 0 aliphatic carbocycles. The van der Waals surface area contributed by atoms with Crippen LogP contribution in [0.1, 0.15) is 84.0 Å². The molecule has 19 heavy (non-hydrogen) atoms. The molecule has 0 aromatic carbocycles. The number of aliphatic hydroxyl groups is 1. The van der Waals surface area contributed by atoms with Gasteiger partial charge in [-0.2, -0.15) is 0 Å². The fraction of sp³-hybridized carbons (Fsp3) is 0.778. The van der Waals surface area contributed by atoms with Gasteiger partial charge >= 0.3 is 0 Å². The van der Waals surface area contributed by atoms with Gasteiger partial charge in [0.25, 0.3) is 0 Å². The SMILES string of the molecule is CCCCCC/C=C/C=C\CCCCCCCCO. The average molecular weight is 266 g/mol. The molecule has 0 bridgehead atoms. The standard InChI is InChI=1S/C18H34O/c1-2-3-4-5-6-7-8-9-10-11-12-13-14-15-16-17-18-19/h7-10,19H,2-6,11-18H2,1H3/b8-7+,10-9-. The van der Waals surface area contributed by atoms with Gasteiger partial charge in [0.1, 0.15) is 0 Å². The van der Waals surface area contributed by atoms with Crippen LogP contribution in [-0.4, -0.2) is 11.7 Å². The summed E-state index contributed by atoms with van der Waals surface area (Å²) in [7, 11) is 0. The lowest BCUT2D eigenvalue weighted by Gasteiger charge is -1.98. The molecule has 0 radical (unpaired) electrons. The Morgan fingerprint density at radius 1 is 0.632 bits per heavy atom. The Labute approximate surface area is 120 Å². The van der Waals surface area contributed by atoms with Gasteiger partial charge < -0.3 is 5.11 Å². The Morgan fingerprint density at radius 2 is 1.11 bits per heavy atom. The van der Waals surface area contributed by atoms with Crippen molar-refractivity contribution < 1.29 is 5.11 Å². The van der Waals surface area contributed by atoms with Crippen LogP contribution in [0.5, 0.6) is 0 Å². The van der Waals surface area contributed by atoms with Crippen LogP contribution < -0.4 is 0 Å². The molecule has 0 aliphatic heterocycles. The average Bonchev–Trinajstić information content (AvgIpc) is 2.43. The molecule has 0 rings (SSSR count). The summed E-state index contributed by atoms with van der Waals surface area (Å²) in [6, 6.07) is 0. The van der Waals surface area contributed by atoms with Crippen molar-refractivity contribution in [3.8, 4) is 0 Å². The Balaban J connectivity index is 3.14. The van der Waals surface area contributed by atoms with Crippen molar-refractivity contribution in [1.29, 1.82) is 0 Å². The van der Waals surface area contributed by atoms with Gasteiger partial charge in [0.15, 0.2) is 0 Å². The molecular weight excluding hydrogens is 232 g/mol. The van der Waals surface area contributed by atoms with E-state index in [0.29, 0.717) is 6.61 Å². The number of hydrogen-bond donors (Lipinski definition) is 1. The molecule has 1 nitrogen and oxygen atoms in total. The minimum Gasteiger partial charge on any atom is -0.396 e. The summed E-state index contributed by atoms with van der Waals surface area (Å²) in [6.07, 6.45) is 24.2. The minimum absolute atomic E-state index is 0.355. The van der Waals surface area contributed by atoms with Crippen LogP contribution in [0.2, 0.25) is 0 Å². The number of rotatable bonds is 14. The normalized spacial score (nSPS) is 11.9. The first-order valence-corrected chi connectivity index (χ1v) is 8.34. The second-order valence-corrected chi connectivity index (χ2v) is 5.34. The molecule has 0 fully saturated rings. The summed E-state index contributed by atoms with van der Waals surface area (Å²) in [6.45, 7) is 2.61. The van der Waals surface area contributed by atoms with Crippen LogP contribution in [0.3, 0.4) is 0 Å². The summed E-state index contributed by atoms with van der Waals surface area (Å²) in [4.78, 5) is 0. The molecule has 0 heterocycles.